The van der Waals surface area contributed by atoms with Gasteiger partial charge in [-0.25, -0.2) is 12.4 Å². The molecule has 3 heterocycles. The van der Waals surface area contributed by atoms with E-state index in [4.69, 9.17) is 9.83 Å². The Kier molecular flexibility index (Phi) is 6.21. The van der Waals surface area contributed by atoms with Crippen LogP contribution in [0.15, 0.2) is 94.8 Å². The molecule has 2 atom stereocenters. The van der Waals surface area contributed by atoms with E-state index in [1.54, 1.807) is 28.2 Å². The van der Waals surface area contributed by atoms with Crippen molar-refractivity contribution >= 4 is 27.1 Å². The molecule has 7 heteroatoms. The Morgan fingerprint density at radius 3 is 2.47 bits per heavy atom. The van der Waals surface area contributed by atoms with Gasteiger partial charge in [0.15, 0.2) is 0 Å². The van der Waals surface area contributed by atoms with Crippen LogP contribution in [0.1, 0.15) is 35.7 Å². The largest absolute Gasteiger partial charge is 0.298 e. The molecule has 2 aliphatic heterocycles. The fourth-order valence-electron chi connectivity index (χ4n) is 5.56. The van der Waals surface area contributed by atoms with Gasteiger partial charge in [0.05, 0.1) is 35.3 Å². The first-order valence-electron chi connectivity index (χ1n) is 12.5. The van der Waals surface area contributed by atoms with Crippen molar-refractivity contribution in [2.24, 2.45) is 10.9 Å². The van der Waals surface area contributed by atoms with Crippen LogP contribution in [0.25, 0.3) is 10.9 Å². The summed E-state index contributed by atoms with van der Waals surface area (Å²) in [4.78, 5) is 11.3. The fourth-order valence-corrected chi connectivity index (χ4v) is 7.17. The molecule has 4 aromatic rings. The van der Waals surface area contributed by atoms with Gasteiger partial charge in [-0.2, -0.15) is 5.06 Å². The lowest BCUT2D eigenvalue weighted by atomic mass is 9.88. The van der Waals surface area contributed by atoms with E-state index >= 15 is 0 Å². The molecule has 0 radical (unpaired) electrons. The molecule has 6 rings (SSSR count). The van der Waals surface area contributed by atoms with Crippen LogP contribution in [0.5, 0.6) is 0 Å². The lowest BCUT2D eigenvalue weighted by Gasteiger charge is -2.37. The maximum absolute atomic E-state index is 14.1. The highest BCUT2D eigenvalue weighted by Gasteiger charge is 2.41. The first-order chi connectivity index (χ1) is 17.6. The molecule has 0 unspecified atom stereocenters. The van der Waals surface area contributed by atoms with E-state index in [1.807, 2.05) is 59.8 Å². The van der Waals surface area contributed by atoms with Crippen LogP contribution in [0.2, 0.25) is 0 Å². The maximum atomic E-state index is 14.1. The second-order valence-electron chi connectivity index (χ2n) is 9.41. The number of aliphatic imine (C=N–C) groups is 1. The van der Waals surface area contributed by atoms with Crippen molar-refractivity contribution in [1.82, 2.24) is 9.04 Å². The second-order valence-corrected chi connectivity index (χ2v) is 11.2. The highest BCUT2D eigenvalue weighted by atomic mass is 32.2. The highest BCUT2D eigenvalue weighted by molar-refractivity contribution is 7.90. The standard InChI is InChI=1S/C29H29N3O3S/c33-36(34,24-13-5-2-6-14-24)32-27-16-8-7-15-25(27)26-17-18-31-28(29(26)32)23(12-9-19-35-31)21-30-20-22-10-3-1-4-11-22/h1-8,10-11,13-16,21,23,28H,9,12,17-20H2/t23-,28-/m0/s1. The number of aromatic nitrogens is 1. The summed E-state index contributed by atoms with van der Waals surface area (Å²) in [6, 6.07) is 26.5. The summed E-state index contributed by atoms with van der Waals surface area (Å²) in [7, 11) is -3.82. The number of nitrogens with zero attached hydrogens (tertiary/aromatic N) is 3. The van der Waals surface area contributed by atoms with Gasteiger partial charge >= 0.3 is 0 Å². The van der Waals surface area contributed by atoms with Crippen LogP contribution < -0.4 is 0 Å². The van der Waals surface area contributed by atoms with Gasteiger partial charge in [0.2, 0.25) is 0 Å². The van der Waals surface area contributed by atoms with E-state index in [0.717, 1.165) is 53.5 Å². The predicted molar refractivity (Wildman–Crippen MR) is 141 cm³/mol. The van der Waals surface area contributed by atoms with Crippen LogP contribution >= 0.6 is 0 Å². The Bertz CT molecular complexity index is 1500. The smallest absolute Gasteiger partial charge is 0.268 e. The minimum atomic E-state index is -3.82. The van der Waals surface area contributed by atoms with Crippen LogP contribution in [0.4, 0.5) is 0 Å². The van der Waals surface area contributed by atoms with E-state index < -0.39 is 10.0 Å². The number of hydroxylamine groups is 2. The summed E-state index contributed by atoms with van der Waals surface area (Å²) < 4.78 is 29.8. The first kappa shape index (κ1) is 23.2. The summed E-state index contributed by atoms with van der Waals surface area (Å²) in [5, 5.41) is 3.00. The molecule has 1 saturated heterocycles. The molecule has 2 aliphatic rings. The summed E-state index contributed by atoms with van der Waals surface area (Å²) in [6.45, 7) is 1.95. The number of rotatable bonds is 5. The zero-order chi connectivity index (χ0) is 24.5. The molecule has 36 heavy (non-hydrogen) atoms. The van der Waals surface area contributed by atoms with Gasteiger partial charge in [-0.15, -0.1) is 0 Å². The van der Waals surface area contributed by atoms with E-state index in [9.17, 15) is 8.42 Å². The lowest BCUT2D eigenvalue weighted by Crippen LogP contribution is -2.40. The van der Waals surface area contributed by atoms with E-state index in [1.165, 1.54) is 0 Å². The minimum absolute atomic E-state index is 0.0318. The first-order valence-corrected chi connectivity index (χ1v) is 13.9. The summed E-state index contributed by atoms with van der Waals surface area (Å²) in [6.07, 6.45) is 4.55. The van der Waals surface area contributed by atoms with Crippen molar-refractivity contribution in [1.29, 1.82) is 0 Å². The number of hydrogen-bond acceptors (Lipinski definition) is 5. The Morgan fingerprint density at radius 2 is 1.67 bits per heavy atom. The SMILES string of the molecule is O=S(=O)(c1ccccc1)n1c2c(c3ccccc31)CCN1OCCC[C@@H](C=NCc3ccccc3)[C@@H]21. The highest BCUT2D eigenvalue weighted by Crippen LogP contribution is 2.44. The van der Waals surface area contributed by atoms with Crippen LogP contribution in [-0.2, 0) is 27.8 Å². The van der Waals surface area contributed by atoms with Crippen molar-refractivity contribution in [2.45, 2.75) is 36.7 Å². The van der Waals surface area contributed by atoms with Gasteiger partial charge in [-0.1, -0.05) is 66.7 Å². The molecule has 0 saturated carbocycles. The molecule has 0 bridgehead atoms. The molecular formula is C29H29N3O3S. The topological polar surface area (TPSA) is 63.9 Å². The summed E-state index contributed by atoms with van der Waals surface area (Å²) >= 11 is 0. The van der Waals surface area contributed by atoms with Crippen molar-refractivity contribution in [3.63, 3.8) is 0 Å². The zero-order valence-corrected chi connectivity index (χ0v) is 20.8. The molecular weight excluding hydrogens is 470 g/mol. The molecule has 0 amide bonds. The average Bonchev–Trinajstić information content (AvgIpc) is 3.12. The van der Waals surface area contributed by atoms with E-state index in [0.29, 0.717) is 13.2 Å². The molecule has 6 nitrogen and oxygen atoms in total. The van der Waals surface area contributed by atoms with Crippen molar-refractivity contribution in [2.75, 3.05) is 13.2 Å². The van der Waals surface area contributed by atoms with Gasteiger partial charge in [-0.05, 0) is 48.6 Å². The summed E-state index contributed by atoms with van der Waals surface area (Å²) in [5.41, 5.74) is 3.78. The average molecular weight is 500 g/mol. The monoisotopic (exact) mass is 499 g/mol. The number of hydrogen-bond donors (Lipinski definition) is 0. The van der Waals surface area contributed by atoms with Crippen LogP contribution in [-0.4, -0.2) is 36.8 Å². The molecule has 0 spiro atoms. The number of benzene rings is 3. The Morgan fingerprint density at radius 1 is 0.944 bits per heavy atom. The van der Waals surface area contributed by atoms with E-state index in [-0.39, 0.29) is 16.9 Å². The van der Waals surface area contributed by atoms with Gasteiger partial charge in [0.1, 0.15) is 0 Å². The predicted octanol–water partition coefficient (Wildman–Crippen LogP) is 5.39. The quantitative estimate of drug-likeness (QED) is 0.346. The van der Waals surface area contributed by atoms with Gasteiger partial charge in [0.25, 0.3) is 10.0 Å². The molecule has 0 aliphatic carbocycles. The Hall–Kier alpha value is -3.26. The molecule has 3 aromatic carbocycles. The molecule has 1 fully saturated rings. The number of para-hydroxylation sites is 1. The van der Waals surface area contributed by atoms with Crippen molar-refractivity contribution < 1.29 is 13.3 Å². The molecule has 1 aromatic heterocycles. The van der Waals surface area contributed by atoms with Gasteiger partial charge in [0, 0.05) is 24.1 Å². The summed E-state index contributed by atoms with van der Waals surface area (Å²) in [5.74, 6) is 0.0318. The second kappa shape index (κ2) is 9.65. The Labute approximate surface area is 211 Å². The van der Waals surface area contributed by atoms with Crippen LogP contribution in [0.3, 0.4) is 0 Å². The molecule has 0 N–H and O–H groups in total. The normalized spacial score (nSPS) is 20.8. The van der Waals surface area contributed by atoms with Crippen LogP contribution in [0, 0.1) is 5.92 Å². The Balaban J connectivity index is 1.51. The third-order valence-corrected chi connectivity index (χ3v) is 8.93. The fraction of sp³-hybridized carbons (Fsp3) is 0.276. The van der Waals surface area contributed by atoms with Crippen molar-refractivity contribution in [3.05, 3.63) is 102 Å². The van der Waals surface area contributed by atoms with E-state index in [2.05, 4.69) is 12.1 Å². The zero-order valence-electron chi connectivity index (χ0n) is 20.0. The lowest BCUT2D eigenvalue weighted by molar-refractivity contribution is -0.188. The third kappa shape index (κ3) is 4.07. The maximum Gasteiger partial charge on any atom is 0.268 e. The minimum Gasteiger partial charge on any atom is -0.298 e. The van der Waals surface area contributed by atoms with Gasteiger partial charge < -0.3 is 0 Å². The number of fused-ring (bicyclic) bond motifs is 5. The third-order valence-electron chi connectivity index (χ3n) is 7.19. The van der Waals surface area contributed by atoms with Crippen molar-refractivity contribution in [3.8, 4) is 0 Å². The molecule has 184 valence electrons. The van der Waals surface area contributed by atoms with Gasteiger partial charge in [-0.3, -0.25) is 9.83 Å².